The van der Waals surface area contributed by atoms with E-state index in [0.29, 0.717) is 32.0 Å². The summed E-state index contributed by atoms with van der Waals surface area (Å²) in [7, 11) is 1.95. The molecule has 26 heavy (non-hydrogen) atoms. The van der Waals surface area contributed by atoms with Gasteiger partial charge in [-0.05, 0) is 30.9 Å². The summed E-state index contributed by atoms with van der Waals surface area (Å²) in [6, 6.07) is 10.3. The van der Waals surface area contributed by atoms with E-state index < -0.39 is 0 Å². The lowest BCUT2D eigenvalue weighted by Gasteiger charge is -2.47. The SMILES string of the molecule is Cn1c(C(=O)N2CC[C@@H]3[C@@H](CCC(=O)N3CCN)C2)cc2ccccc21. The van der Waals surface area contributed by atoms with Gasteiger partial charge in [-0.15, -0.1) is 0 Å². The van der Waals surface area contributed by atoms with E-state index >= 15 is 0 Å². The van der Waals surface area contributed by atoms with Crippen LogP contribution in [0.3, 0.4) is 0 Å². The van der Waals surface area contributed by atoms with Crippen LogP contribution < -0.4 is 5.73 Å². The van der Waals surface area contributed by atoms with E-state index in [2.05, 4.69) is 0 Å². The van der Waals surface area contributed by atoms with Crippen molar-refractivity contribution in [3.63, 3.8) is 0 Å². The fourth-order valence-corrected chi connectivity index (χ4v) is 4.62. The highest BCUT2D eigenvalue weighted by molar-refractivity contribution is 5.98. The van der Waals surface area contributed by atoms with Gasteiger partial charge in [0.05, 0.1) is 0 Å². The Labute approximate surface area is 153 Å². The van der Waals surface area contributed by atoms with E-state index in [1.807, 2.05) is 51.7 Å². The van der Waals surface area contributed by atoms with Crippen molar-refractivity contribution < 1.29 is 9.59 Å². The Morgan fingerprint density at radius 3 is 2.85 bits per heavy atom. The molecule has 2 amide bonds. The van der Waals surface area contributed by atoms with Gasteiger partial charge in [-0.25, -0.2) is 0 Å². The zero-order valence-electron chi connectivity index (χ0n) is 15.2. The number of aryl methyl sites for hydroxylation is 1. The van der Waals surface area contributed by atoms with Crippen LogP contribution in [0.25, 0.3) is 10.9 Å². The quantitative estimate of drug-likeness (QED) is 0.910. The van der Waals surface area contributed by atoms with Crippen molar-refractivity contribution in [1.82, 2.24) is 14.4 Å². The van der Waals surface area contributed by atoms with Gasteiger partial charge in [0.15, 0.2) is 0 Å². The maximum Gasteiger partial charge on any atom is 0.270 e. The molecule has 0 bridgehead atoms. The number of rotatable bonds is 3. The second-order valence-corrected chi connectivity index (χ2v) is 7.43. The van der Waals surface area contributed by atoms with Crippen LogP contribution in [-0.4, -0.2) is 58.4 Å². The molecule has 0 unspecified atom stereocenters. The molecular weight excluding hydrogens is 328 g/mol. The molecule has 2 fully saturated rings. The molecule has 3 heterocycles. The van der Waals surface area contributed by atoms with Crippen LogP contribution in [-0.2, 0) is 11.8 Å². The average Bonchev–Trinajstić information content (AvgIpc) is 3.00. The number of piperidine rings is 2. The third kappa shape index (κ3) is 2.78. The van der Waals surface area contributed by atoms with Crippen LogP contribution >= 0.6 is 0 Å². The molecule has 0 spiro atoms. The topological polar surface area (TPSA) is 71.6 Å². The summed E-state index contributed by atoms with van der Waals surface area (Å²) in [5.41, 5.74) is 7.49. The lowest BCUT2D eigenvalue weighted by atomic mass is 9.83. The second-order valence-electron chi connectivity index (χ2n) is 7.43. The van der Waals surface area contributed by atoms with Gasteiger partial charge in [-0.1, -0.05) is 18.2 Å². The van der Waals surface area contributed by atoms with Gasteiger partial charge < -0.3 is 20.1 Å². The maximum absolute atomic E-state index is 13.1. The average molecular weight is 354 g/mol. The first kappa shape index (κ1) is 17.1. The molecule has 2 aliphatic heterocycles. The lowest BCUT2D eigenvalue weighted by Crippen LogP contribution is -2.57. The third-order valence-electron chi connectivity index (χ3n) is 5.97. The zero-order valence-corrected chi connectivity index (χ0v) is 15.2. The molecule has 1 aromatic carbocycles. The number of aromatic nitrogens is 1. The highest BCUT2D eigenvalue weighted by atomic mass is 16.2. The molecule has 2 N–H and O–H groups in total. The smallest absolute Gasteiger partial charge is 0.270 e. The van der Waals surface area contributed by atoms with Gasteiger partial charge in [0.2, 0.25) is 5.91 Å². The Balaban J connectivity index is 1.54. The standard InChI is InChI=1S/C20H26N4O2/c1-22-16-5-3-2-4-14(16)12-18(22)20(26)23-10-8-17-15(13-23)6-7-19(25)24(17)11-9-21/h2-5,12,15,17H,6-11,13,21H2,1H3/t15-,17+/m0/s1. The van der Waals surface area contributed by atoms with Crippen LogP contribution in [0.15, 0.2) is 30.3 Å². The molecule has 2 atom stereocenters. The normalized spacial score (nSPS) is 23.4. The molecule has 138 valence electrons. The van der Waals surface area contributed by atoms with Crippen molar-refractivity contribution in [2.75, 3.05) is 26.2 Å². The molecule has 6 heteroatoms. The summed E-state index contributed by atoms with van der Waals surface area (Å²) in [4.78, 5) is 29.3. The van der Waals surface area contributed by atoms with Gasteiger partial charge in [0.25, 0.3) is 5.91 Å². The Bertz CT molecular complexity index is 843. The Morgan fingerprint density at radius 1 is 1.27 bits per heavy atom. The number of carbonyl (C=O) groups excluding carboxylic acids is 2. The summed E-state index contributed by atoms with van der Waals surface area (Å²) in [6.45, 7) is 2.53. The van der Waals surface area contributed by atoms with Crippen molar-refractivity contribution in [1.29, 1.82) is 0 Å². The monoisotopic (exact) mass is 354 g/mol. The van der Waals surface area contributed by atoms with Crippen molar-refractivity contribution in [2.24, 2.45) is 18.7 Å². The van der Waals surface area contributed by atoms with Crippen molar-refractivity contribution >= 4 is 22.7 Å². The van der Waals surface area contributed by atoms with Crippen molar-refractivity contribution in [3.8, 4) is 0 Å². The van der Waals surface area contributed by atoms with Gasteiger partial charge in [0, 0.05) is 56.6 Å². The Hall–Kier alpha value is -2.34. The maximum atomic E-state index is 13.1. The van der Waals surface area contributed by atoms with Gasteiger partial charge in [-0.3, -0.25) is 9.59 Å². The lowest BCUT2D eigenvalue weighted by molar-refractivity contribution is -0.140. The van der Waals surface area contributed by atoms with Crippen LogP contribution in [0.2, 0.25) is 0 Å². The molecule has 6 nitrogen and oxygen atoms in total. The number of para-hydroxylation sites is 1. The number of hydrogen-bond donors (Lipinski definition) is 1. The number of carbonyl (C=O) groups is 2. The first-order valence-electron chi connectivity index (χ1n) is 9.43. The van der Waals surface area contributed by atoms with E-state index in [0.717, 1.165) is 36.0 Å². The molecular formula is C20H26N4O2. The van der Waals surface area contributed by atoms with Crippen molar-refractivity contribution in [2.45, 2.75) is 25.3 Å². The minimum atomic E-state index is 0.0874. The summed E-state index contributed by atoms with van der Waals surface area (Å²) in [5, 5.41) is 1.09. The highest BCUT2D eigenvalue weighted by Gasteiger charge is 2.40. The number of amides is 2. The zero-order chi connectivity index (χ0) is 18.3. The summed E-state index contributed by atoms with van der Waals surface area (Å²) < 4.78 is 1.98. The third-order valence-corrected chi connectivity index (χ3v) is 5.97. The fraction of sp³-hybridized carbons (Fsp3) is 0.500. The molecule has 2 aliphatic rings. The van der Waals surface area contributed by atoms with Gasteiger partial charge in [-0.2, -0.15) is 0 Å². The summed E-state index contributed by atoms with van der Waals surface area (Å²) in [6.07, 6.45) is 2.27. The molecule has 4 rings (SSSR count). The van der Waals surface area contributed by atoms with E-state index in [4.69, 9.17) is 5.73 Å². The van der Waals surface area contributed by atoms with Gasteiger partial charge >= 0.3 is 0 Å². The number of benzene rings is 1. The van der Waals surface area contributed by atoms with E-state index in [9.17, 15) is 9.59 Å². The second kappa shape index (κ2) is 6.76. The number of nitrogens with two attached hydrogens (primary N) is 1. The fourth-order valence-electron chi connectivity index (χ4n) is 4.62. The predicted octanol–water partition coefficient (Wildman–Crippen LogP) is 1.59. The summed E-state index contributed by atoms with van der Waals surface area (Å²) in [5.74, 6) is 0.654. The van der Waals surface area contributed by atoms with E-state index in [1.54, 1.807) is 0 Å². The first-order chi connectivity index (χ1) is 12.6. The largest absolute Gasteiger partial charge is 0.340 e. The van der Waals surface area contributed by atoms with E-state index in [1.165, 1.54) is 0 Å². The van der Waals surface area contributed by atoms with Crippen LogP contribution in [0.5, 0.6) is 0 Å². The molecule has 2 saturated heterocycles. The van der Waals surface area contributed by atoms with Crippen LogP contribution in [0.1, 0.15) is 29.8 Å². The van der Waals surface area contributed by atoms with Gasteiger partial charge in [0.1, 0.15) is 5.69 Å². The molecule has 0 saturated carbocycles. The minimum absolute atomic E-state index is 0.0874. The summed E-state index contributed by atoms with van der Waals surface area (Å²) >= 11 is 0. The van der Waals surface area contributed by atoms with E-state index in [-0.39, 0.29) is 17.9 Å². The molecule has 0 aliphatic carbocycles. The number of likely N-dealkylation sites (tertiary alicyclic amines) is 2. The predicted molar refractivity (Wildman–Crippen MR) is 101 cm³/mol. The minimum Gasteiger partial charge on any atom is -0.340 e. The molecule has 0 radical (unpaired) electrons. The van der Waals surface area contributed by atoms with Crippen LogP contribution in [0, 0.1) is 5.92 Å². The Morgan fingerprint density at radius 2 is 2.08 bits per heavy atom. The first-order valence-corrected chi connectivity index (χ1v) is 9.43. The number of fused-ring (bicyclic) bond motifs is 2. The molecule has 1 aromatic heterocycles. The number of nitrogens with zero attached hydrogens (tertiary/aromatic N) is 3. The highest BCUT2D eigenvalue weighted by Crippen LogP contribution is 2.32. The van der Waals surface area contributed by atoms with Crippen LogP contribution in [0.4, 0.5) is 0 Å². The van der Waals surface area contributed by atoms with Crippen molar-refractivity contribution in [3.05, 3.63) is 36.0 Å². The molecule has 2 aromatic rings. The Kier molecular flexibility index (Phi) is 4.44. The number of hydrogen-bond acceptors (Lipinski definition) is 3.